The van der Waals surface area contributed by atoms with Crippen LogP contribution in [0.1, 0.15) is 38.2 Å². The Bertz CT molecular complexity index is 549. The van der Waals surface area contributed by atoms with E-state index in [0.29, 0.717) is 6.04 Å². The van der Waals surface area contributed by atoms with Crippen LogP contribution in [0.25, 0.3) is 0 Å². The number of carbonyl (C=O) groups is 1. The van der Waals surface area contributed by atoms with E-state index >= 15 is 0 Å². The number of likely N-dealkylation sites (tertiary alicyclic amines) is 1. The van der Waals surface area contributed by atoms with Crippen molar-refractivity contribution in [3.63, 3.8) is 0 Å². The Hall–Kier alpha value is -0.650. The third-order valence-electron chi connectivity index (χ3n) is 5.29. The predicted molar refractivity (Wildman–Crippen MR) is 110 cm³/mol. The molecule has 3 rings (SSSR count). The van der Waals surface area contributed by atoms with Gasteiger partial charge in [-0.05, 0) is 63.2 Å². The van der Waals surface area contributed by atoms with E-state index in [9.17, 15) is 4.79 Å². The van der Waals surface area contributed by atoms with Crippen LogP contribution >= 0.6 is 23.5 Å². The molecule has 138 valence electrons. The Morgan fingerprint density at radius 1 is 1.16 bits per heavy atom. The summed E-state index contributed by atoms with van der Waals surface area (Å²) in [5.41, 5.74) is 1.25. The summed E-state index contributed by atoms with van der Waals surface area (Å²) in [5, 5.41) is 3.24. The Morgan fingerprint density at radius 3 is 2.44 bits per heavy atom. The molecule has 1 aromatic rings. The maximum absolute atomic E-state index is 12.5. The summed E-state index contributed by atoms with van der Waals surface area (Å²) in [4.78, 5) is 16.3. The van der Waals surface area contributed by atoms with Gasteiger partial charge in [0.25, 0.3) is 0 Å². The highest BCUT2D eigenvalue weighted by Crippen LogP contribution is 2.26. The summed E-state index contributed by atoms with van der Waals surface area (Å²) in [6.07, 6.45) is 4.87. The second-order valence-electron chi connectivity index (χ2n) is 7.24. The van der Waals surface area contributed by atoms with Gasteiger partial charge in [-0.15, -0.1) is 11.8 Å². The summed E-state index contributed by atoms with van der Waals surface area (Å²) in [6.45, 7) is 6.37. The SMILES string of the molecule is Cc1ccc(SC(C)C(=O)NC2CCN(C3CCSCC3)CC2)cc1. The first-order valence-corrected chi connectivity index (χ1v) is 11.5. The number of nitrogens with one attached hydrogen (secondary N) is 1. The largest absolute Gasteiger partial charge is 0.352 e. The maximum Gasteiger partial charge on any atom is 0.233 e. The molecule has 0 aliphatic carbocycles. The fraction of sp³-hybridized carbons (Fsp3) is 0.650. The number of piperidine rings is 1. The van der Waals surface area contributed by atoms with E-state index in [0.717, 1.165) is 32.0 Å². The lowest BCUT2D eigenvalue weighted by atomic mass is 10.0. The quantitative estimate of drug-likeness (QED) is 0.786. The van der Waals surface area contributed by atoms with E-state index in [4.69, 9.17) is 0 Å². The molecule has 2 saturated heterocycles. The van der Waals surface area contributed by atoms with Gasteiger partial charge in [0.1, 0.15) is 0 Å². The van der Waals surface area contributed by atoms with E-state index in [2.05, 4.69) is 53.2 Å². The number of thioether (sulfide) groups is 2. The summed E-state index contributed by atoms with van der Waals surface area (Å²) in [6, 6.07) is 9.55. The van der Waals surface area contributed by atoms with E-state index < -0.39 is 0 Å². The van der Waals surface area contributed by atoms with Gasteiger partial charge in [-0.25, -0.2) is 0 Å². The minimum Gasteiger partial charge on any atom is -0.352 e. The normalized spacial score (nSPS) is 21.8. The lowest BCUT2D eigenvalue weighted by molar-refractivity contribution is -0.121. The monoisotopic (exact) mass is 378 g/mol. The van der Waals surface area contributed by atoms with Crippen molar-refractivity contribution in [2.45, 2.75) is 61.8 Å². The average Bonchev–Trinajstić information content (AvgIpc) is 2.65. The third kappa shape index (κ3) is 5.66. The molecule has 25 heavy (non-hydrogen) atoms. The van der Waals surface area contributed by atoms with E-state index in [1.165, 1.54) is 34.8 Å². The topological polar surface area (TPSA) is 32.3 Å². The van der Waals surface area contributed by atoms with Gasteiger partial charge in [-0.2, -0.15) is 11.8 Å². The van der Waals surface area contributed by atoms with Gasteiger partial charge in [-0.1, -0.05) is 17.7 Å². The standard InChI is InChI=1S/C20H30N2OS2/c1-15-3-5-19(6-4-15)25-16(2)20(23)21-17-7-11-22(12-8-17)18-9-13-24-14-10-18/h3-6,16-18H,7-14H2,1-2H3,(H,21,23). The Labute approximate surface area is 160 Å². The molecule has 1 amide bonds. The summed E-state index contributed by atoms with van der Waals surface area (Å²) in [5.74, 6) is 2.81. The zero-order valence-corrected chi connectivity index (χ0v) is 17.0. The molecule has 0 bridgehead atoms. The highest BCUT2D eigenvalue weighted by atomic mass is 32.2. The molecule has 1 unspecified atom stereocenters. The first kappa shape index (κ1) is 19.1. The molecular formula is C20H30N2OS2. The van der Waals surface area contributed by atoms with Crippen molar-refractivity contribution in [1.82, 2.24) is 10.2 Å². The second kappa shape index (κ2) is 9.33. The molecule has 0 aromatic heterocycles. The van der Waals surface area contributed by atoms with E-state index in [-0.39, 0.29) is 11.2 Å². The number of hydrogen-bond acceptors (Lipinski definition) is 4. The predicted octanol–water partition coefficient (Wildman–Crippen LogP) is 3.95. The molecule has 0 radical (unpaired) electrons. The van der Waals surface area contributed by atoms with Crippen molar-refractivity contribution in [2.75, 3.05) is 24.6 Å². The molecular weight excluding hydrogens is 348 g/mol. The number of benzene rings is 1. The number of amides is 1. The lowest BCUT2D eigenvalue weighted by Gasteiger charge is -2.39. The highest BCUT2D eigenvalue weighted by Gasteiger charge is 2.27. The van der Waals surface area contributed by atoms with Crippen LogP contribution in [0.15, 0.2) is 29.2 Å². The second-order valence-corrected chi connectivity index (χ2v) is 9.87. The molecule has 1 aromatic carbocycles. The zero-order chi connectivity index (χ0) is 17.6. The van der Waals surface area contributed by atoms with Crippen molar-refractivity contribution in [3.05, 3.63) is 29.8 Å². The Morgan fingerprint density at radius 2 is 1.80 bits per heavy atom. The van der Waals surface area contributed by atoms with Crippen LogP contribution in [0.3, 0.4) is 0 Å². The van der Waals surface area contributed by atoms with Crippen molar-refractivity contribution in [3.8, 4) is 0 Å². The molecule has 2 aliphatic rings. The molecule has 1 N–H and O–H groups in total. The van der Waals surface area contributed by atoms with Crippen LogP contribution in [-0.2, 0) is 4.79 Å². The zero-order valence-electron chi connectivity index (χ0n) is 15.4. The molecule has 2 aliphatic heterocycles. The molecule has 3 nitrogen and oxygen atoms in total. The van der Waals surface area contributed by atoms with Gasteiger partial charge < -0.3 is 10.2 Å². The van der Waals surface area contributed by atoms with Crippen molar-refractivity contribution in [2.24, 2.45) is 0 Å². The number of aryl methyl sites for hydroxylation is 1. The molecule has 1 atom stereocenters. The first-order valence-electron chi connectivity index (χ1n) is 9.47. The fourth-order valence-corrected chi connectivity index (χ4v) is 5.61. The van der Waals surface area contributed by atoms with E-state index in [1.54, 1.807) is 11.8 Å². The molecule has 2 fully saturated rings. The van der Waals surface area contributed by atoms with Crippen LogP contribution in [0.5, 0.6) is 0 Å². The highest BCUT2D eigenvalue weighted by molar-refractivity contribution is 8.00. The Kier molecular flexibility index (Phi) is 7.14. The smallest absolute Gasteiger partial charge is 0.233 e. The van der Waals surface area contributed by atoms with Crippen LogP contribution in [-0.4, -0.2) is 52.7 Å². The minimum absolute atomic E-state index is 0.0453. The van der Waals surface area contributed by atoms with Crippen LogP contribution in [0.4, 0.5) is 0 Å². The van der Waals surface area contributed by atoms with Crippen LogP contribution in [0.2, 0.25) is 0 Å². The van der Waals surface area contributed by atoms with Gasteiger partial charge in [0.05, 0.1) is 5.25 Å². The minimum atomic E-state index is -0.0453. The Balaban J connectivity index is 1.41. The molecule has 5 heteroatoms. The summed E-state index contributed by atoms with van der Waals surface area (Å²) in [7, 11) is 0. The number of carbonyl (C=O) groups excluding carboxylic acids is 1. The number of nitrogens with zero attached hydrogens (tertiary/aromatic N) is 1. The molecule has 2 heterocycles. The lowest BCUT2D eigenvalue weighted by Crippen LogP contribution is -2.49. The summed E-state index contributed by atoms with van der Waals surface area (Å²) >= 11 is 3.74. The van der Waals surface area contributed by atoms with Gasteiger partial charge in [-0.3, -0.25) is 4.79 Å². The average molecular weight is 379 g/mol. The molecule has 0 spiro atoms. The number of rotatable bonds is 5. The third-order valence-corrected chi connectivity index (χ3v) is 7.45. The molecule has 0 saturated carbocycles. The van der Waals surface area contributed by atoms with Crippen LogP contribution in [0, 0.1) is 6.92 Å². The van der Waals surface area contributed by atoms with Gasteiger partial charge >= 0.3 is 0 Å². The van der Waals surface area contributed by atoms with Crippen LogP contribution < -0.4 is 5.32 Å². The van der Waals surface area contributed by atoms with Crippen molar-refractivity contribution in [1.29, 1.82) is 0 Å². The number of hydrogen-bond donors (Lipinski definition) is 1. The first-order chi connectivity index (χ1) is 12.1. The van der Waals surface area contributed by atoms with Gasteiger partial charge in [0, 0.05) is 30.1 Å². The fourth-order valence-electron chi connectivity index (χ4n) is 3.65. The van der Waals surface area contributed by atoms with Gasteiger partial charge in [0.15, 0.2) is 0 Å². The van der Waals surface area contributed by atoms with Crippen molar-refractivity contribution >= 4 is 29.4 Å². The maximum atomic E-state index is 12.5. The van der Waals surface area contributed by atoms with Gasteiger partial charge in [0.2, 0.25) is 5.91 Å². The van der Waals surface area contributed by atoms with Crippen molar-refractivity contribution < 1.29 is 4.79 Å². The van der Waals surface area contributed by atoms with E-state index in [1.807, 2.05) is 6.92 Å². The summed E-state index contributed by atoms with van der Waals surface area (Å²) < 4.78 is 0.